The number of hydrogen-bond acceptors (Lipinski definition) is 4. The van der Waals surface area contributed by atoms with Crippen LogP contribution < -0.4 is 5.32 Å². The van der Waals surface area contributed by atoms with E-state index >= 15 is 0 Å². The van der Waals surface area contributed by atoms with Gasteiger partial charge in [-0.3, -0.25) is 0 Å². The number of carboxylic acids is 1. The molecule has 0 saturated carbocycles. The quantitative estimate of drug-likeness (QED) is 0.751. The highest BCUT2D eigenvalue weighted by Crippen LogP contribution is 2.24. The van der Waals surface area contributed by atoms with Crippen molar-refractivity contribution in [1.29, 1.82) is 0 Å². The summed E-state index contributed by atoms with van der Waals surface area (Å²) >= 11 is 3.20. The van der Waals surface area contributed by atoms with Gasteiger partial charge in [-0.15, -0.1) is 0 Å². The summed E-state index contributed by atoms with van der Waals surface area (Å²) in [5.74, 6) is -0.711. The zero-order valence-electron chi connectivity index (χ0n) is 10.4. The molecule has 1 rings (SSSR count). The van der Waals surface area contributed by atoms with Gasteiger partial charge in [0.05, 0.1) is 0 Å². The Morgan fingerprint density at radius 1 is 1.61 bits per heavy atom. The third kappa shape index (κ3) is 3.68. The number of hydrogen-bond donors (Lipinski definition) is 3. The first kappa shape index (κ1) is 14.9. The second-order valence-electron chi connectivity index (χ2n) is 4.37. The zero-order chi connectivity index (χ0) is 13.8. The summed E-state index contributed by atoms with van der Waals surface area (Å²) in [6.45, 7) is 3.94. The van der Waals surface area contributed by atoms with Crippen LogP contribution in [0.4, 0.5) is 5.82 Å². The first-order valence-electron chi connectivity index (χ1n) is 5.69. The minimum Gasteiger partial charge on any atom is -0.478 e. The molecule has 0 aliphatic rings. The molecule has 5 nitrogen and oxygen atoms in total. The molecule has 0 bridgehead atoms. The average Bonchev–Trinajstić information content (AvgIpc) is 2.31. The van der Waals surface area contributed by atoms with Crippen molar-refractivity contribution in [1.82, 2.24) is 4.98 Å². The van der Waals surface area contributed by atoms with Crippen LogP contribution in [0.3, 0.4) is 0 Å². The number of halogens is 1. The molecule has 0 spiro atoms. The maximum absolute atomic E-state index is 11.2. The lowest BCUT2D eigenvalue weighted by molar-refractivity contribution is 0.0697. The predicted molar refractivity (Wildman–Crippen MR) is 72.9 cm³/mol. The minimum absolute atomic E-state index is 0.0380. The molecule has 0 aromatic carbocycles. The Balaban J connectivity index is 3.06. The largest absolute Gasteiger partial charge is 0.478 e. The molecule has 0 saturated heterocycles. The third-order valence-corrected chi connectivity index (χ3v) is 3.38. The van der Waals surface area contributed by atoms with Crippen molar-refractivity contribution in [3.63, 3.8) is 0 Å². The molecule has 3 N–H and O–H groups in total. The first-order chi connectivity index (χ1) is 8.41. The van der Waals surface area contributed by atoms with Gasteiger partial charge in [0.1, 0.15) is 11.4 Å². The Morgan fingerprint density at radius 2 is 2.28 bits per heavy atom. The van der Waals surface area contributed by atoms with E-state index in [0.717, 1.165) is 6.42 Å². The molecule has 1 atom stereocenters. The summed E-state index contributed by atoms with van der Waals surface area (Å²) in [4.78, 5) is 15.3. The highest BCUT2D eigenvalue weighted by Gasteiger charge is 2.24. The van der Waals surface area contributed by atoms with Crippen molar-refractivity contribution < 1.29 is 15.0 Å². The van der Waals surface area contributed by atoms with Gasteiger partial charge in [-0.2, -0.15) is 0 Å². The maximum atomic E-state index is 11.2. The lowest BCUT2D eigenvalue weighted by Crippen LogP contribution is -2.36. The van der Waals surface area contributed by atoms with Crippen molar-refractivity contribution in [2.24, 2.45) is 0 Å². The normalized spacial score (nSPS) is 14.0. The summed E-state index contributed by atoms with van der Waals surface area (Å²) in [5.41, 5.74) is -0.262. The molecule has 1 aromatic heterocycles. The minimum atomic E-state index is -1.03. The monoisotopic (exact) mass is 316 g/mol. The Labute approximate surface area is 114 Å². The molecule has 1 heterocycles. The summed E-state index contributed by atoms with van der Waals surface area (Å²) in [5, 5.41) is 21.3. The van der Waals surface area contributed by atoms with Crippen LogP contribution in [0.2, 0.25) is 0 Å². The van der Waals surface area contributed by atoms with E-state index in [9.17, 15) is 4.79 Å². The van der Waals surface area contributed by atoms with E-state index in [1.807, 2.05) is 13.8 Å². The summed E-state index contributed by atoms with van der Waals surface area (Å²) in [7, 11) is 0. The fourth-order valence-electron chi connectivity index (χ4n) is 1.56. The highest BCUT2D eigenvalue weighted by molar-refractivity contribution is 9.10. The van der Waals surface area contributed by atoms with Crippen molar-refractivity contribution >= 4 is 27.7 Å². The average molecular weight is 317 g/mol. The number of carbonyl (C=O) groups is 1. The summed E-state index contributed by atoms with van der Waals surface area (Å²) < 4.78 is 0.616. The number of aliphatic hydroxyl groups excluding tert-OH is 1. The molecule has 18 heavy (non-hydrogen) atoms. The van der Waals surface area contributed by atoms with Crippen LogP contribution in [0.5, 0.6) is 0 Å². The Kier molecular flexibility index (Phi) is 5.10. The van der Waals surface area contributed by atoms with Gasteiger partial charge >= 0.3 is 5.97 Å². The molecule has 1 aromatic rings. The number of aliphatic hydroxyl groups is 1. The smallest absolute Gasteiger partial charge is 0.339 e. The molecule has 0 aliphatic carbocycles. The van der Waals surface area contributed by atoms with E-state index in [1.54, 1.807) is 6.20 Å². The fourth-order valence-corrected chi connectivity index (χ4v) is 1.89. The molecule has 0 aliphatic heterocycles. The molecule has 100 valence electrons. The van der Waals surface area contributed by atoms with E-state index in [0.29, 0.717) is 16.7 Å². The summed E-state index contributed by atoms with van der Waals surface area (Å²) in [6, 6.07) is 1.51. The number of aromatic carboxylic acids is 1. The van der Waals surface area contributed by atoms with Crippen LogP contribution in [0.25, 0.3) is 0 Å². The van der Waals surface area contributed by atoms with Crippen LogP contribution in [0, 0.1) is 0 Å². The number of rotatable bonds is 6. The number of aromatic nitrogens is 1. The number of carboxylic acid groups (broad SMARTS) is 1. The van der Waals surface area contributed by atoms with Gasteiger partial charge in [-0.05, 0) is 41.8 Å². The molecule has 0 amide bonds. The number of nitrogens with zero attached hydrogens (tertiary/aromatic N) is 1. The van der Waals surface area contributed by atoms with Gasteiger partial charge in [-0.1, -0.05) is 6.92 Å². The Hall–Kier alpha value is -1.14. The second kappa shape index (κ2) is 6.15. The molecule has 0 fully saturated rings. The van der Waals surface area contributed by atoms with Crippen molar-refractivity contribution in [2.75, 3.05) is 11.9 Å². The number of pyridine rings is 1. The van der Waals surface area contributed by atoms with Crippen LogP contribution in [0.1, 0.15) is 37.0 Å². The molecular weight excluding hydrogens is 300 g/mol. The van der Waals surface area contributed by atoms with Gasteiger partial charge in [-0.25, -0.2) is 9.78 Å². The maximum Gasteiger partial charge on any atom is 0.339 e. The van der Waals surface area contributed by atoms with Gasteiger partial charge in [0, 0.05) is 22.8 Å². The molecule has 6 heteroatoms. The summed E-state index contributed by atoms with van der Waals surface area (Å²) in [6.07, 6.45) is 2.83. The first-order valence-corrected chi connectivity index (χ1v) is 6.49. The van der Waals surface area contributed by atoms with E-state index in [4.69, 9.17) is 10.2 Å². The van der Waals surface area contributed by atoms with E-state index in [-0.39, 0.29) is 17.7 Å². The number of anilines is 1. The number of nitrogens with one attached hydrogen (secondary N) is 1. The van der Waals surface area contributed by atoms with Gasteiger partial charge in [0.15, 0.2) is 0 Å². The lowest BCUT2D eigenvalue weighted by atomic mass is 9.94. The Bertz CT molecular complexity index is 439. The van der Waals surface area contributed by atoms with Crippen molar-refractivity contribution in [3.8, 4) is 0 Å². The highest BCUT2D eigenvalue weighted by atomic mass is 79.9. The van der Waals surface area contributed by atoms with Crippen LogP contribution in [0.15, 0.2) is 16.7 Å². The molecule has 1 unspecified atom stereocenters. The third-order valence-electron chi connectivity index (χ3n) is 2.95. The molecule has 0 radical (unpaired) electrons. The molecular formula is C12H17BrN2O3. The van der Waals surface area contributed by atoms with Crippen LogP contribution in [-0.2, 0) is 0 Å². The van der Waals surface area contributed by atoms with Gasteiger partial charge < -0.3 is 15.5 Å². The van der Waals surface area contributed by atoms with Gasteiger partial charge in [0.25, 0.3) is 0 Å². The van der Waals surface area contributed by atoms with Crippen molar-refractivity contribution in [3.05, 3.63) is 22.3 Å². The standard InChI is InChI=1S/C12H17BrN2O3/c1-3-12(2,4-5-16)15-10-9(11(17)18)6-8(13)7-14-10/h6-7,16H,3-5H2,1-2H3,(H,14,15)(H,17,18). The van der Waals surface area contributed by atoms with E-state index in [1.165, 1.54) is 6.07 Å². The van der Waals surface area contributed by atoms with E-state index < -0.39 is 5.97 Å². The zero-order valence-corrected chi connectivity index (χ0v) is 12.0. The Morgan fingerprint density at radius 3 is 2.78 bits per heavy atom. The second-order valence-corrected chi connectivity index (χ2v) is 5.28. The van der Waals surface area contributed by atoms with Gasteiger partial charge in [0.2, 0.25) is 0 Å². The van der Waals surface area contributed by atoms with Crippen molar-refractivity contribution in [2.45, 2.75) is 32.2 Å². The van der Waals surface area contributed by atoms with Crippen LogP contribution in [-0.4, -0.2) is 33.3 Å². The topological polar surface area (TPSA) is 82.5 Å². The van der Waals surface area contributed by atoms with Crippen LogP contribution >= 0.6 is 15.9 Å². The SMILES string of the molecule is CCC(C)(CCO)Nc1ncc(Br)cc1C(=O)O. The predicted octanol–water partition coefficient (Wildman–Crippen LogP) is 2.51. The fraction of sp³-hybridized carbons (Fsp3) is 0.500. The lowest BCUT2D eigenvalue weighted by Gasteiger charge is -2.30. The van der Waals surface area contributed by atoms with E-state index in [2.05, 4.69) is 26.2 Å².